The van der Waals surface area contributed by atoms with E-state index in [1.165, 1.54) is 0 Å². The van der Waals surface area contributed by atoms with Crippen molar-refractivity contribution in [2.24, 2.45) is 5.92 Å². The number of aromatic amines is 1. The number of H-pyrrole nitrogens is 1. The van der Waals surface area contributed by atoms with Gasteiger partial charge in [-0.05, 0) is 19.8 Å². The van der Waals surface area contributed by atoms with Gasteiger partial charge in [-0.25, -0.2) is 0 Å². The molecule has 1 aliphatic heterocycles. The molecule has 0 spiro atoms. The van der Waals surface area contributed by atoms with Crippen molar-refractivity contribution < 1.29 is 9.53 Å². The number of ether oxygens (including phenoxy) is 1. The van der Waals surface area contributed by atoms with Crippen molar-refractivity contribution in [1.82, 2.24) is 15.1 Å². The first-order valence-corrected chi connectivity index (χ1v) is 6.92. The predicted octanol–water partition coefficient (Wildman–Crippen LogP) is 1.59. The molecule has 1 aromatic rings. The van der Waals surface area contributed by atoms with Crippen LogP contribution in [0.2, 0.25) is 0 Å². The molecule has 1 atom stereocenters. The van der Waals surface area contributed by atoms with Gasteiger partial charge in [-0.15, -0.1) is 0 Å². The van der Waals surface area contributed by atoms with Gasteiger partial charge in [-0.3, -0.25) is 9.89 Å². The summed E-state index contributed by atoms with van der Waals surface area (Å²) in [5.74, 6) is 5.72. The number of hydrogen-bond donors (Lipinski definition) is 1. The van der Waals surface area contributed by atoms with Gasteiger partial charge in [0.2, 0.25) is 0 Å². The Morgan fingerprint density at radius 2 is 2.25 bits per heavy atom. The summed E-state index contributed by atoms with van der Waals surface area (Å²) in [4.78, 5) is 14.1. The number of carbonyl (C=O) groups excluding carboxylic acids is 1. The van der Waals surface area contributed by atoms with Crippen LogP contribution in [-0.4, -0.2) is 40.8 Å². The van der Waals surface area contributed by atoms with Crippen molar-refractivity contribution in [2.75, 3.05) is 19.8 Å². The fourth-order valence-corrected chi connectivity index (χ4v) is 2.41. The number of rotatable bonds is 1. The molecule has 2 heterocycles. The highest BCUT2D eigenvalue weighted by atomic mass is 16.5. The highest BCUT2D eigenvalue weighted by molar-refractivity contribution is 5.94. The van der Waals surface area contributed by atoms with Gasteiger partial charge in [-0.2, -0.15) is 5.10 Å². The summed E-state index contributed by atoms with van der Waals surface area (Å²) in [5, 5.41) is 7.17. The van der Waals surface area contributed by atoms with Gasteiger partial charge in [0.05, 0.1) is 24.9 Å². The third-order valence-corrected chi connectivity index (χ3v) is 3.38. The van der Waals surface area contributed by atoms with Gasteiger partial charge < -0.3 is 9.64 Å². The van der Waals surface area contributed by atoms with Gasteiger partial charge in [0.1, 0.15) is 0 Å². The number of hydrogen-bond acceptors (Lipinski definition) is 3. The van der Waals surface area contributed by atoms with E-state index in [-0.39, 0.29) is 17.9 Å². The Hall–Kier alpha value is -1.80. The van der Waals surface area contributed by atoms with Crippen LogP contribution in [-0.2, 0) is 9.53 Å². The summed E-state index contributed by atoms with van der Waals surface area (Å²) in [6.45, 7) is 9.48. The summed E-state index contributed by atoms with van der Waals surface area (Å²) < 4.78 is 5.54. The molecule has 0 aliphatic carbocycles. The van der Waals surface area contributed by atoms with E-state index in [1.54, 1.807) is 4.90 Å². The van der Waals surface area contributed by atoms with Crippen molar-refractivity contribution in [3.63, 3.8) is 0 Å². The number of morpholine rings is 1. The molecule has 1 amide bonds. The Labute approximate surface area is 119 Å². The predicted molar refractivity (Wildman–Crippen MR) is 75.9 cm³/mol. The van der Waals surface area contributed by atoms with Crippen molar-refractivity contribution in [3.8, 4) is 11.8 Å². The van der Waals surface area contributed by atoms with E-state index in [4.69, 9.17) is 4.74 Å². The lowest BCUT2D eigenvalue weighted by molar-refractivity contribution is -0.133. The number of aryl methyl sites for hydroxylation is 2. The first-order chi connectivity index (χ1) is 9.50. The Balaban J connectivity index is 2.27. The van der Waals surface area contributed by atoms with Crippen LogP contribution in [0.1, 0.15) is 36.8 Å². The summed E-state index contributed by atoms with van der Waals surface area (Å²) in [7, 11) is 0. The van der Waals surface area contributed by atoms with E-state index in [2.05, 4.69) is 22.0 Å². The fraction of sp³-hybridized carbons (Fsp3) is 0.600. The minimum Gasteiger partial charge on any atom is -0.377 e. The minimum absolute atomic E-state index is 0.100. The zero-order valence-corrected chi connectivity index (χ0v) is 12.5. The van der Waals surface area contributed by atoms with E-state index in [1.807, 2.05) is 27.7 Å². The standard InChI is InChI=1S/C15H21N3O2/c1-10(2)5-6-14(19)18-7-8-20-9-13(18)15-11(3)16-17-12(15)4/h10,13H,7-9H2,1-4H3,(H,16,17). The number of carbonyl (C=O) groups is 1. The summed E-state index contributed by atoms with van der Waals surface area (Å²) in [6.07, 6.45) is 0. The zero-order valence-electron chi connectivity index (χ0n) is 12.5. The molecule has 0 radical (unpaired) electrons. The van der Waals surface area contributed by atoms with E-state index >= 15 is 0 Å². The molecular formula is C15H21N3O2. The molecule has 2 rings (SSSR count). The number of aromatic nitrogens is 2. The van der Waals surface area contributed by atoms with Crippen molar-refractivity contribution in [1.29, 1.82) is 0 Å². The third-order valence-electron chi connectivity index (χ3n) is 3.38. The molecule has 1 aliphatic rings. The third kappa shape index (κ3) is 3.02. The maximum absolute atomic E-state index is 12.3. The quantitative estimate of drug-likeness (QED) is 0.792. The van der Waals surface area contributed by atoms with E-state index in [9.17, 15) is 4.79 Å². The largest absolute Gasteiger partial charge is 0.377 e. The second-order valence-electron chi connectivity index (χ2n) is 5.36. The lowest BCUT2D eigenvalue weighted by Gasteiger charge is -2.34. The molecule has 1 N–H and O–H groups in total. The van der Waals surface area contributed by atoms with Gasteiger partial charge in [-0.1, -0.05) is 19.8 Å². The van der Waals surface area contributed by atoms with Gasteiger partial charge in [0.25, 0.3) is 5.91 Å². The van der Waals surface area contributed by atoms with E-state index in [0.29, 0.717) is 19.8 Å². The maximum Gasteiger partial charge on any atom is 0.299 e. The average molecular weight is 275 g/mol. The Morgan fingerprint density at radius 1 is 1.50 bits per heavy atom. The van der Waals surface area contributed by atoms with Gasteiger partial charge in [0.15, 0.2) is 0 Å². The number of nitrogens with one attached hydrogen (secondary N) is 1. The second kappa shape index (κ2) is 6.10. The van der Waals surface area contributed by atoms with Gasteiger partial charge in [0, 0.05) is 23.7 Å². The number of nitrogens with zero attached hydrogens (tertiary/aromatic N) is 2. The van der Waals surface area contributed by atoms with Crippen LogP contribution in [0.25, 0.3) is 0 Å². The first-order valence-electron chi connectivity index (χ1n) is 6.92. The molecule has 0 aromatic carbocycles. The van der Waals surface area contributed by atoms with Crippen LogP contribution in [0.3, 0.4) is 0 Å². The summed E-state index contributed by atoms with van der Waals surface area (Å²) in [5.41, 5.74) is 2.93. The molecule has 1 saturated heterocycles. The topological polar surface area (TPSA) is 58.2 Å². The Kier molecular flexibility index (Phi) is 4.46. The van der Waals surface area contributed by atoms with Crippen LogP contribution in [0.4, 0.5) is 0 Å². The number of amides is 1. The minimum atomic E-state index is -0.132. The Bertz CT molecular complexity index is 532. The first kappa shape index (κ1) is 14.6. The molecule has 1 unspecified atom stereocenters. The maximum atomic E-state index is 12.3. The molecule has 1 aromatic heterocycles. The van der Waals surface area contributed by atoms with Crippen molar-refractivity contribution in [2.45, 2.75) is 33.7 Å². The van der Waals surface area contributed by atoms with Crippen LogP contribution >= 0.6 is 0 Å². The lowest BCUT2D eigenvalue weighted by Crippen LogP contribution is -2.43. The SMILES string of the molecule is Cc1n[nH]c(C)c1C1COCCN1C(=O)C#CC(C)C. The molecule has 5 nitrogen and oxygen atoms in total. The van der Waals surface area contributed by atoms with Gasteiger partial charge >= 0.3 is 0 Å². The second-order valence-corrected chi connectivity index (χ2v) is 5.36. The zero-order chi connectivity index (χ0) is 14.7. The van der Waals surface area contributed by atoms with Crippen LogP contribution in [0, 0.1) is 31.6 Å². The molecule has 108 valence electrons. The van der Waals surface area contributed by atoms with Crippen LogP contribution in [0.5, 0.6) is 0 Å². The van der Waals surface area contributed by atoms with Crippen LogP contribution < -0.4 is 0 Å². The average Bonchev–Trinajstić information content (AvgIpc) is 2.75. The molecule has 0 bridgehead atoms. The summed E-state index contributed by atoms with van der Waals surface area (Å²) >= 11 is 0. The lowest BCUT2D eigenvalue weighted by atomic mass is 10.0. The normalized spacial score (nSPS) is 18.9. The molecule has 20 heavy (non-hydrogen) atoms. The monoisotopic (exact) mass is 275 g/mol. The fourth-order valence-electron chi connectivity index (χ4n) is 2.41. The van der Waals surface area contributed by atoms with Crippen LogP contribution in [0.15, 0.2) is 0 Å². The highest BCUT2D eigenvalue weighted by Crippen LogP contribution is 2.28. The highest BCUT2D eigenvalue weighted by Gasteiger charge is 2.31. The van der Waals surface area contributed by atoms with E-state index in [0.717, 1.165) is 17.0 Å². The van der Waals surface area contributed by atoms with E-state index < -0.39 is 0 Å². The smallest absolute Gasteiger partial charge is 0.299 e. The molecule has 0 saturated carbocycles. The van der Waals surface area contributed by atoms with Crippen molar-refractivity contribution >= 4 is 5.91 Å². The summed E-state index contributed by atoms with van der Waals surface area (Å²) in [6, 6.07) is -0.100. The Morgan fingerprint density at radius 3 is 2.85 bits per heavy atom. The molecule has 1 fully saturated rings. The van der Waals surface area contributed by atoms with Crippen molar-refractivity contribution in [3.05, 3.63) is 17.0 Å². The molecule has 5 heteroatoms. The molecular weight excluding hydrogens is 254 g/mol.